The Balaban J connectivity index is 1.46. The number of carbonyl (C=O) groups excluding carboxylic acids is 1. The molecule has 2 aromatic heterocycles. The van der Waals surface area contributed by atoms with Gasteiger partial charge in [0.15, 0.2) is 0 Å². The Labute approximate surface area is 193 Å². The minimum atomic E-state index is -0.493. The molecule has 0 atom stereocenters. The molecule has 2 N–H and O–H groups in total. The minimum Gasteiger partial charge on any atom is -0.506 e. The summed E-state index contributed by atoms with van der Waals surface area (Å²) in [7, 11) is 0. The van der Waals surface area contributed by atoms with Crippen LogP contribution in [-0.4, -0.2) is 64.9 Å². The molecule has 3 fully saturated rings. The third-order valence-electron chi connectivity index (χ3n) is 7.70. The Hall–Kier alpha value is -2.45. The van der Waals surface area contributed by atoms with E-state index in [1.54, 1.807) is 4.57 Å². The number of ether oxygens (including phenoxy) is 1. The number of nitrogens with one attached hydrogen (secondary N) is 1. The summed E-state index contributed by atoms with van der Waals surface area (Å²) in [6.07, 6.45) is 9.84. The van der Waals surface area contributed by atoms with Gasteiger partial charge in [0.25, 0.3) is 11.5 Å². The Kier molecular flexibility index (Phi) is 6.64. The van der Waals surface area contributed by atoms with Crippen molar-refractivity contribution < 1.29 is 14.6 Å². The Morgan fingerprint density at radius 3 is 2.58 bits per heavy atom. The molecule has 3 heterocycles. The number of hydrogen-bond donors (Lipinski definition) is 2. The lowest BCUT2D eigenvalue weighted by molar-refractivity contribution is 0.0364. The average molecular weight is 455 g/mol. The van der Waals surface area contributed by atoms with Crippen LogP contribution in [0.1, 0.15) is 66.8 Å². The molecule has 33 heavy (non-hydrogen) atoms. The van der Waals surface area contributed by atoms with E-state index >= 15 is 0 Å². The van der Waals surface area contributed by atoms with E-state index in [1.165, 1.54) is 25.7 Å². The van der Waals surface area contributed by atoms with E-state index in [-0.39, 0.29) is 11.3 Å². The molecule has 2 aromatic rings. The van der Waals surface area contributed by atoms with Gasteiger partial charge in [0, 0.05) is 38.9 Å². The van der Waals surface area contributed by atoms with E-state index in [0.717, 1.165) is 37.9 Å². The fourth-order valence-electron chi connectivity index (χ4n) is 5.03. The van der Waals surface area contributed by atoms with Gasteiger partial charge >= 0.3 is 0 Å². The predicted octanol–water partition coefficient (Wildman–Crippen LogP) is 2.62. The predicted molar refractivity (Wildman–Crippen MR) is 126 cm³/mol. The monoisotopic (exact) mass is 454 g/mol. The second-order valence-corrected chi connectivity index (χ2v) is 9.74. The quantitative estimate of drug-likeness (QED) is 0.637. The van der Waals surface area contributed by atoms with Crippen molar-refractivity contribution in [1.29, 1.82) is 0 Å². The van der Waals surface area contributed by atoms with Gasteiger partial charge in [0.05, 0.1) is 18.6 Å². The molecule has 1 aliphatic heterocycles. The molecule has 5 rings (SSSR count). The summed E-state index contributed by atoms with van der Waals surface area (Å²) in [5.74, 6) is 0.366. The number of fused-ring (bicyclic) bond motifs is 1. The summed E-state index contributed by atoms with van der Waals surface area (Å²) in [6.45, 7) is 4.60. The normalized spacial score (nSPS) is 19.9. The lowest BCUT2D eigenvalue weighted by Gasteiger charge is -2.27. The van der Waals surface area contributed by atoms with Crippen LogP contribution in [0.3, 0.4) is 0 Å². The topological polar surface area (TPSA) is 96.7 Å². The molecular formula is C25H34N4O4. The number of nitrogens with zero attached hydrogens (tertiary/aromatic N) is 3. The summed E-state index contributed by atoms with van der Waals surface area (Å²) in [5, 5.41) is 14.4. The van der Waals surface area contributed by atoms with Crippen molar-refractivity contribution in [2.45, 2.75) is 57.4 Å². The molecule has 0 radical (unpaired) electrons. The molecule has 178 valence electrons. The van der Waals surface area contributed by atoms with E-state index in [9.17, 15) is 14.7 Å². The molecule has 0 spiro atoms. The first-order valence-corrected chi connectivity index (χ1v) is 12.5. The summed E-state index contributed by atoms with van der Waals surface area (Å²) in [4.78, 5) is 33.3. The summed E-state index contributed by atoms with van der Waals surface area (Å²) < 4.78 is 6.99. The summed E-state index contributed by atoms with van der Waals surface area (Å²) in [6, 6.07) is 1.93. The number of hydrogen-bond acceptors (Lipinski definition) is 6. The SMILES string of the molecule is O=C(NCCC1CCC1)c1c(O)c2cc(C3CCC3)cnc2n(CCN2CCOCC2)c1=O. The van der Waals surface area contributed by atoms with Crippen LogP contribution in [0.15, 0.2) is 17.1 Å². The van der Waals surface area contributed by atoms with Crippen molar-refractivity contribution in [2.24, 2.45) is 5.92 Å². The highest BCUT2D eigenvalue weighted by molar-refractivity contribution is 6.01. The summed E-state index contributed by atoms with van der Waals surface area (Å²) in [5.41, 5.74) is 0.877. The van der Waals surface area contributed by atoms with Gasteiger partial charge in [-0.2, -0.15) is 0 Å². The first-order valence-electron chi connectivity index (χ1n) is 12.5. The van der Waals surface area contributed by atoms with Crippen LogP contribution in [0, 0.1) is 5.92 Å². The maximum absolute atomic E-state index is 13.4. The van der Waals surface area contributed by atoms with Gasteiger partial charge in [-0.15, -0.1) is 0 Å². The van der Waals surface area contributed by atoms with E-state index in [0.29, 0.717) is 55.7 Å². The Bertz CT molecular complexity index is 1070. The fourth-order valence-corrected chi connectivity index (χ4v) is 5.03. The second kappa shape index (κ2) is 9.81. The standard InChI is InChI=1S/C25H34N4O4/c30-22-20-15-19(18-5-2-6-18)16-27-23(20)29(10-9-28-11-13-33-14-12-28)25(32)21(22)24(31)26-8-7-17-3-1-4-17/h15-18,30H,1-14H2,(H,26,31). The fraction of sp³-hybridized carbons (Fsp3) is 0.640. The van der Waals surface area contributed by atoms with Gasteiger partial charge in [-0.1, -0.05) is 25.7 Å². The van der Waals surface area contributed by atoms with E-state index in [1.807, 2.05) is 12.3 Å². The Morgan fingerprint density at radius 2 is 1.91 bits per heavy atom. The number of rotatable bonds is 8. The molecule has 3 aliphatic rings. The van der Waals surface area contributed by atoms with Crippen LogP contribution in [0.25, 0.3) is 11.0 Å². The zero-order valence-corrected chi connectivity index (χ0v) is 19.2. The van der Waals surface area contributed by atoms with Crippen LogP contribution in [0.2, 0.25) is 0 Å². The first kappa shape index (κ1) is 22.3. The zero-order chi connectivity index (χ0) is 22.8. The van der Waals surface area contributed by atoms with Crippen molar-refractivity contribution in [2.75, 3.05) is 39.4 Å². The molecule has 0 aromatic carbocycles. The molecule has 0 unspecified atom stereocenters. The zero-order valence-electron chi connectivity index (χ0n) is 19.2. The number of pyridine rings is 2. The second-order valence-electron chi connectivity index (χ2n) is 9.74. The van der Waals surface area contributed by atoms with E-state index < -0.39 is 11.5 Å². The van der Waals surface area contributed by atoms with Crippen LogP contribution in [0.4, 0.5) is 0 Å². The molecule has 0 bridgehead atoms. The smallest absolute Gasteiger partial charge is 0.268 e. The summed E-state index contributed by atoms with van der Waals surface area (Å²) >= 11 is 0. The maximum atomic E-state index is 13.4. The van der Waals surface area contributed by atoms with Gasteiger partial charge in [0.1, 0.15) is 17.0 Å². The maximum Gasteiger partial charge on any atom is 0.268 e. The molecule has 2 saturated carbocycles. The van der Waals surface area contributed by atoms with Crippen molar-refractivity contribution in [3.8, 4) is 5.75 Å². The van der Waals surface area contributed by atoms with Crippen LogP contribution in [0.5, 0.6) is 5.75 Å². The lowest BCUT2D eigenvalue weighted by Crippen LogP contribution is -2.40. The number of morpholine rings is 1. The molecular weight excluding hydrogens is 420 g/mol. The van der Waals surface area contributed by atoms with Crippen molar-refractivity contribution in [3.63, 3.8) is 0 Å². The average Bonchev–Trinajstić information content (AvgIpc) is 2.75. The third kappa shape index (κ3) is 4.64. The molecule has 1 saturated heterocycles. The number of amides is 1. The van der Waals surface area contributed by atoms with Gasteiger partial charge < -0.3 is 15.2 Å². The number of aromatic nitrogens is 2. The highest BCUT2D eigenvalue weighted by Crippen LogP contribution is 2.38. The van der Waals surface area contributed by atoms with Gasteiger partial charge in [-0.05, 0) is 42.7 Å². The number of aromatic hydroxyl groups is 1. The number of carbonyl (C=O) groups is 1. The van der Waals surface area contributed by atoms with E-state index in [4.69, 9.17) is 4.74 Å². The molecule has 8 nitrogen and oxygen atoms in total. The molecule has 8 heteroatoms. The molecule has 2 aliphatic carbocycles. The largest absolute Gasteiger partial charge is 0.506 e. The minimum absolute atomic E-state index is 0.161. The molecule has 1 amide bonds. The van der Waals surface area contributed by atoms with Gasteiger partial charge in [0.2, 0.25) is 0 Å². The Morgan fingerprint density at radius 1 is 1.15 bits per heavy atom. The van der Waals surface area contributed by atoms with Crippen LogP contribution >= 0.6 is 0 Å². The first-order chi connectivity index (χ1) is 16.1. The van der Waals surface area contributed by atoms with Gasteiger partial charge in [-0.25, -0.2) is 4.98 Å². The van der Waals surface area contributed by atoms with Crippen LogP contribution in [-0.2, 0) is 11.3 Å². The lowest BCUT2D eigenvalue weighted by atomic mass is 9.80. The highest BCUT2D eigenvalue weighted by atomic mass is 16.5. The van der Waals surface area contributed by atoms with Gasteiger partial charge in [-0.3, -0.25) is 19.1 Å². The van der Waals surface area contributed by atoms with Crippen LogP contribution < -0.4 is 10.9 Å². The van der Waals surface area contributed by atoms with Crippen molar-refractivity contribution in [3.05, 3.63) is 33.7 Å². The van der Waals surface area contributed by atoms with E-state index in [2.05, 4.69) is 15.2 Å². The van der Waals surface area contributed by atoms with Crippen molar-refractivity contribution in [1.82, 2.24) is 19.8 Å². The van der Waals surface area contributed by atoms with Crippen molar-refractivity contribution >= 4 is 16.9 Å². The third-order valence-corrected chi connectivity index (χ3v) is 7.70. The highest BCUT2D eigenvalue weighted by Gasteiger charge is 2.26.